The Morgan fingerprint density at radius 3 is 3.08 bits per heavy atom. The summed E-state index contributed by atoms with van der Waals surface area (Å²) in [5.74, 6) is -0.239. The SMILES string of the molecule is CC[C@@H]1C(=O)NCCN1C(=O)c1csc2nc(-c3cccc(Cl)c3)cn12. The second kappa shape index (κ2) is 6.74. The van der Waals surface area contributed by atoms with Gasteiger partial charge in [-0.25, -0.2) is 4.98 Å². The number of hydrogen-bond acceptors (Lipinski definition) is 4. The van der Waals surface area contributed by atoms with Crippen molar-refractivity contribution in [3.05, 3.63) is 46.6 Å². The summed E-state index contributed by atoms with van der Waals surface area (Å²) in [5, 5.41) is 5.26. The van der Waals surface area contributed by atoms with Gasteiger partial charge in [-0.15, -0.1) is 11.3 Å². The van der Waals surface area contributed by atoms with Crippen LogP contribution in [0.25, 0.3) is 16.2 Å². The van der Waals surface area contributed by atoms with Crippen LogP contribution in [0.15, 0.2) is 35.8 Å². The number of nitrogens with one attached hydrogen (secondary N) is 1. The molecule has 1 atom stereocenters. The van der Waals surface area contributed by atoms with Gasteiger partial charge < -0.3 is 10.2 Å². The van der Waals surface area contributed by atoms with E-state index >= 15 is 0 Å². The average molecular weight is 389 g/mol. The van der Waals surface area contributed by atoms with Gasteiger partial charge in [0.05, 0.1) is 5.69 Å². The number of hydrogen-bond donors (Lipinski definition) is 1. The summed E-state index contributed by atoms with van der Waals surface area (Å²) in [4.78, 5) is 32.1. The standard InChI is InChI=1S/C18H17ClN4O2S/c1-2-14-16(24)20-6-7-22(14)17(25)15-10-26-18-21-13(9-23(15)18)11-4-3-5-12(19)8-11/h3-5,8-10,14H,2,6-7H2,1H3,(H,20,24)/t14-/m1/s1. The van der Waals surface area contributed by atoms with Gasteiger partial charge in [0.1, 0.15) is 11.7 Å². The number of nitrogens with zero attached hydrogens (tertiary/aromatic N) is 3. The number of amides is 2. The average Bonchev–Trinajstić information content (AvgIpc) is 3.21. The Kier molecular flexibility index (Phi) is 4.42. The lowest BCUT2D eigenvalue weighted by Crippen LogP contribution is -2.57. The summed E-state index contributed by atoms with van der Waals surface area (Å²) in [5.41, 5.74) is 2.19. The van der Waals surface area contributed by atoms with Crippen LogP contribution in [0, 0.1) is 0 Å². The van der Waals surface area contributed by atoms with Gasteiger partial charge in [-0.1, -0.05) is 30.7 Å². The summed E-state index contributed by atoms with van der Waals surface area (Å²) in [7, 11) is 0. The lowest BCUT2D eigenvalue weighted by Gasteiger charge is -2.34. The maximum atomic E-state index is 13.1. The molecular weight excluding hydrogens is 372 g/mol. The number of thiazole rings is 1. The third-order valence-corrected chi connectivity index (χ3v) is 5.60. The molecule has 134 valence electrons. The number of fused-ring (bicyclic) bond motifs is 1. The number of benzene rings is 1. The lowest BCUT2D eigenvalue weighted by molar-refractivity contribution is -0.127. The van der Waals surface area contributed by atoms with Gasteiger partial charge >= 0.3 is 0 Å². The van der Waals surface area contributed by atoms with Crippen LogP contribution in [0.1, 0.15) is 23.8 Å². The Bertz CT molecular complexity index is 996. The fourth-order valence-electron chi connectivity index (χ4n) is 3.24. The molecule has 2 amide bonds. The molecule has 1 aliphatic heterocycles. The lowest BCUT2D eigenvalue weighted by atomic mass is 10.1. The van der Waals surface area contributed by atoms with E-state index in [0.29, 0.717) is 30.2 Å². The number of halogens is 1. The topological polar surface area (TPSA) is 66.7 Å². The maximum Gasteiger partial charge on any atom is 0.272 e. The molecule has 1 fully saturated rings. The van der Waals surface area contributed by atoms with Crippen molar-refractivity contribution in [3.8, 4) is 11.3 Å². The van der Waals surface area contributed by atoms with Crippen molar-refractivity contribution in [2.45, 2.75) is 19.4 Å². The van der Waals surface area contributed by atoms with Crippen molar-refractivity contribution in [1.82, 2.24) is 19.6 Å². The molecule has 1 saturated heterocycles. The van der Waals surface area contributed by atoms with Gasteiger partial charge in [0.25, 0.3) is 5.91 Å². The van der Waals surface area contributed by atoms with Crippen molar-refractivity contribution in [2.75, 3.05) is 13.1 Å². The van der Waals surface area contributed by atoms with Crippen LogP contribution in [0.5, 0.6) is 0 Å². The van der Waals surface area contributed by atoms with Gasteiger partial charge in [0.15, 0.2) is 4.96 Å². The van der Waals surface area contributed by atoms with E-state index in [1.54, 1.807) is 14.7 Å². The molecule has 2 aromatic heterocycles. The molecule has 1 N–H and O–H groups in total. The molecule has 0 spiro atoms. The number of carbonyl (C=O) groups excluding carboxylic acids is 2. The number of rotatable bonds is 3. The zero-order valence-electron chi connectivity index (χ0n) is 14.1. The first kappa shape index (κ1) is 17.1. The van der Waals surface area contributed by atoms with E-state index in [2.05, 4.69) is 10.3 Å². The van der Waals surface area contributed by atoms with Gasteiger partial charge in [0.2, 0.25) is 5.91 Å². The Hall–Kier alpha value is -2.38. The molecule has 0 unspecified atom stereocenters. The maximum absolute atomic E-state index is 13.1. The minimum Gasteiger partial charge on any atom is -0.353 e. The Morgan fingerprint density at radius 2 is 2.31 bits per heavy atom. The number of aromatic nitrogens is 2. The molecule has 26 heavy (non-hydrogen) atoms. The smallest absolute Gasteiger partial charge is 0.272 e. The molecule has 4 rings (SSSR count). The Morgan fingerprint density at radius 1 is 1.46 bits per heavy atom. The predicted octanol–water partition coefficient (Wildman–Crippen LogP) is 3.07. The Labute approximate surface area is 159 Å². The summed E-state index contributed by atoms with van der Waals surface area (Å²) in [6.07, 6.45) is 2.43. The summed E-state index contributed by atoms with van der Waals surface area (Å²) in [6, 6.07) is 7.03. The number of piperazine rings is 1. The quantitative estimate of drug-likeness (QED) is 0.749. The zero-order chi connectivity index (χ0) is 18.3. The van der Waals surface area contributed by atoms with Crippen LogP contribution in [0.2, 0.25) is 5.02 Å². The third-order valence-electron chi connectivity index (χ3n) is 4.53. The normalized spacial score (nSPS) is 17.5. The molecule has 3 aromatic rings. The van der Waals surface area contributed by atoms with E-state index in [0.717, 1.165) is 16.2 Å². The van der Waals surface area contributed by atoms with E-state index in [4.69, 9.17) is 11.6 Å². The van der Waals surface area contributed by atoms with Crippen molar-refractivity contribution in [1.29, 1.82) is 0 Å². The molecule has 0 saturated carbocycles. The number of imidazole rings is 1. The minimum atomic E-state index is -0.429. The molecule has 1 aliphatic rings. The van der Waals surface area contributed by atoms with Crippen LogP contribution in [-0.4, -0.2) is 45.2 Å². The van der Waals surface area contributed by atoms with Crippen molar-refractivity contribution in [3.63, 3.8) is 0 Å². The van der Waals surface area contributed by atoms with Gasteiger partial charge in [-0.3, -0.25) is 14.0 Å². The fraction of sp³-hybridized carbons (Fsp3) is 0.278. The Balaban J connectivity index is 1.71. The highest BCUT2D eigenvalue weighted by molar-refractivity contribution is 7.15. The summed E-state index contributed by atoms with van der Waals surface area (Å²) < 4.78 is 1.79. The van der Waals surface area contributed by atoms with Gasteiger partial charge in [-0.2, -0.15) is 0 Å². The van der Waals surface area contributed by atoms with E-state index in [-0.39, 0.29) is 11.8 Å². The molecule has 6 nitrogen and oxygen atoms in total. The number of carbonyl (C=O) groups is 2. The van der Waals surface area contributed by atoms with E-state index in [1.165, 1.54) is 11.3 Å². The van der Waals surface area contributed by atoms with Crippen LogP contribution in [0.4, 0.5) is 0 Å². The molecule has 3 heterocycles. The van der Waals surface area contributed by atoms with E-state index in [1.807, 2.05) is 37.4 Å². The minimum absolute atomic E-state index is 0.0937. The predicted molar refractivity (Wildman–Crippen MR) is 102 cm³/mol. The highest BCUT2D eigenvalue weighted by Crippen LogP contribution is 2.26. The highest BCUT2D eigenvalue weighted by atomic mass is 35.5. The fourth-order valence-corrected chi connectivity index (χ4v) is 4.27. The van der Waals surface area contributed by atoms with Crippen LogP contribution < -0.4 is 5.32 Å². The van der Waals surface area contributed by atoms with Crippen LogP contribution in [-0.2, 0) is 4.79 Å². The van der Waals surface area contributed by atoms with Crippen LogP contribution >= 0.6 is 22.9 Å². The summed E-state index contributed by atoms with van der Waals surface area (Å²) in [6.45, 7) is 2.90. The second-order valence-corrected chi connectivity index (χ2v) is 7.40. The van der Waals surface area contributed by atoms with Crippen LogP contribution in [0.3, 0.4) is 0 Å². The molecule has 0 aliphatic carbocycles. The largest absolute Gasteiger partial charge is 0.353 e. The van der Waals surface area contributed by atoms with Crippen molar-refractivity contribution in [2.24, 2.45) is 0 Å². The zero-order valence-corrected chi connectivity index (χ0v) is 15.7. The first-order valence-electron chi connectivity index (χ1n) is 8.39. The second-order valence-electron chi connectivity index (χ2n) is 6.12. The molecule has 0 radical (unpaired) electrons. The van der Waals surface area contributed by atoms with Gasteiger partial charge in [0, 0.05) is 35.3 Å². The van der Waals surface area contributed by atoms with E-state index < -0.39 is 6.04 Å². The van der Waals surface area contributed by atoms with E-state index in [9.17, 15) is 9.59 Å². The molecule has 1 aromatic carbocycles. The molecule has 8 heteroatoms. The molecular formula is C18H17ClN4O2S. The van der Waals surface area contributed by atoms with Gasteiger partial charge in [-0.05, 0) is 18.6 Å². The monoisotopic (exact) mass is 388 g/mol. The third kappa shape index (κ3) is 2.87. The van der Waals surface area contributed by atoms with Crippen molar-refractivity contribution >= 4 is 39.7 Å². The van der Waals surface area contributed by atoms with Crippen molar-refractivity contribution < 1.29 is 9.59 Å². The summed E-state index contributed by atoms with van der Waals surface area (Å²) >= 11 is 7.47. The first-order chi connectivity index (χ1) is 12.6. The molecule has 0 bridgehead atoms. The highest BCUT2D eigenvalue weighted by Gasteiger charge is 2.33. The first-order valence-corrected chi connectivity index (χ1v) is 9.65.